The molecule has 1 N–H and O–H groups in total. The second kappa shape index (κ2) is 11.6. The van der Waals surface area contributed by atoms with E-state index in [-0.39, 0.29) is 0 Å². The Labute approximate surface area is 253 Å². The lowest BCUT2D eigenvalue weighted by atomic mass is 9.82. The Morgan fingerprint density at radius 3 is 1.02 bits per heavy atom. The second-order valence-electron chi connectivity index (χ2n) is 10.8. The highest BCUT2D eigenvalue weighted by Crippen LogP contribution is 2.54. The third-order valence-corrected chi connectivity index (χ3v) is 8.38. The number of nitrogens with one attached hydrogen (secondary N) is 1. The lowest BCUT2D eigenvalue weighted by molar-refractivity contribution is 0.411. The lowest BCUT2D eigenvalue weighted by Crippen LogP contribution is -2.12. The smallest absolute Gasteiger partial charge is 0.135 e. The first-order chi connectivity index (χ1) is 21.3. The van der Waals surface area contributed by atoms with Crippen molar-refractivity contribution in [2.45, 2.75) is 13.1 Å². The van der Waals surface area contributed by atoms with Crippen LogP contribution >= 0.6 is 0 Å². The predicted molar refractivity (Wildman–Crippen MR) is 177 cm³/mol. The van der Waals surface area contributed by atoms with E-state index in [4.69, 9.17) is 9.47 Å². The molecule has 0 atom stereocenters. The first kappa shape index (κ1) is 26.8. The lowest BCUT2D eigenvalue weighted by Gasteiger charge is -2.25. The quantitative estimate of drug-likeness (QED) is 0.220. The van der Waals surface area contributed by atoms with E-state index in [0.29, 0.717) is 13.1 Å². The molecule has 6 aromatic rings. The third kappa shape index (κ3) is 4.78. The van der Waals surface area contributed by atoms with Gasteiger partial charge in [-0.15, -0.1) is 0 Å². The molecule has 0 saturated heterocycles. The summed E-state index contributed by atoms with van der Waals surface area (Å²) >= 11 is 0. The van der Waals surface area contributed by atoms with Gasteiger partial charge >= 0.3 is 0 Å². The van der Waals surface area contributed by atoms with Crippen LogP contribution in [0.4, 0.5) is 0 Å². The number of hydrogen-bond acceptors (Lipinski definition) is 3. The Bertz CT molecular complexity index is 1740. The molecule has 0 saturated carbocycles. The fraction of sp³-hybridized carbons (Fsp3) is 0.100. The first-order valence-electron chi connectivity index (χ1n) is 14.7. The van der Waals surface area contributed by atoms with Crippen LogP contribution in [0.15, 0.2) is 133 Å². The molecule has 1 heterocycles. The Morgan fingerprint density at radius 1 is 0.419 bits per heavy atom. The number of methoxy groups -OCH3 is 2. The largest absolute Gasteiger partial charge is 0.495 e. The van der Waals surface area contributed by atoms with E-state index in [2.05, 4.69) is 139 Å². The molecule has 0 spiro atoms. The van der Waals surface area contributed by atoms with E-state index in [0.717, 1.165) is 44.9 Å². The van der Waals surface area contributed by atoms with Gasteiger partial charge in [-0.2, -0.15) is 0 Å². The molecule has 0 fully saturated rings. The highest BCUT2D eigenvalue weighted by Gasteiger charge is 2.31. The zero-order valence-electron chi connectivity index (χ0n) is 24.4. The molecule has 0 bridgehead atoms. The van der Waals surface area contributed by atoms with Crippen molar-refractivity contribution in [1.82, 2.24) is 5.32 Å². The maximum Gasteiger partial charge on any atom is 0.135 e. The molecule has 6 aromatic carbocycles. The zero-order valence-corrected chi connectivity index (χ0v) is 24.4. The highest BCUT2D eigenvalue weighted by atomic mass is 16.5. The molecule has 0 unspecified atom stereocenters. The van der Waals surface area contributed by atoms with Crippen molar-refractivity contribution in [2.24, 2.45) is 0 Å². The zero-order chi connectivity index (χ0) is 29.2. The van der Waals surface area contributed by atoms with Gasteiger partial charge in [-0.25, -0.2) is 0 Å². The van der Waals surface area contributed by atoms with Crippen molar-refractivity contribution in [3.63, 3.8) is 0 Å². The molecular weight excluding hydrogens is 526 g/mol. The van der Waals surface area contributed by atoms with E-state index in [1.807, 2.05) is 0 Å². The van der Waals surface area contributed by atoms with Crippen LogP contribution in [0, 0.1) is 0 Å². The van der Waals surface area contributed by atoms with Crippen molar-refractivity contribution in [1.29, 1.82) is 0 Å². The molecular formula is C40H33NO2. The average Bonchev–Trinajstić information content (AvgIpc) is 3.29. The van der Waals surface area contributed by atoms with Gasteiger partial charge in [0.15, 0.2) is 0 Å². The number of rotatable bonds is 6. The molecule has 0 aromatic heterocycles. The number of fused-ring (bicyclic) bond motifs is 3. The molecule has 0 radical (unpaired) electrons. The van der Waals surface area contributed by atoms with Crippen molar-refractivity contribution in [3.05, 3.63) is 145 Å². The van der Waals surface area contributed by atoms with E-state index in [1.165, 1.54) is 33.4 Å². The van der Waals surface area contributed by atoms with Crippen LogP contribution in [0.2, 0.25) is 0 Å². The summed E-state index contributed by atoms with van der Waals surface area (Å²) in [4.78, 5) is 0. The maximum absolute atomic E-state index is 6.41. The van der Waals surface area contributed by atoms with Crippen LogP contribution in [0.5, 0.6) is 11.5 Å². The summed E-state index contributed by atoms with van der Waals surface area (Å²) in [6, 6.07) is 47.0. The van der Waals surface area contributed by atoms with Gasteiger partial charge in [-0.05, 0) is 56.6 Å². The van der Waals surface area contributed by atoms with Gasteiger partial charge in [0.1, 0.15) is 11.5 Å². The molecule has 7 rings (SSSR count). The topological polar surface area (TPSA) is 30.5 Å². The van der Waals surface area contributed by atoms with Gasteiger partial charge in [0.25, 0.3) is 0 Å². The van der Waals surface area contributed by atoms with Crippen molar-refractivity contribution in [2.75, 3.05) is 14.2 Å². The Kier molecular flexibility index (Phi) is 7.24. The average molecular weight is 560 g/mol. The fourth-order valence-corrected chi connectivity index (χ4v) is 6.45. The number of benzene rings is 6. The summed E-state index contributed by atoms with van der Waals surface area (Å²) < 4.78 is 12.8. The minimum Gasteiger partial charge on any atom is -0.495 e. The predicted octanol–water partition coefficient (Wildman–Crippen LogP) is 9.64. The van der Waals surface area contributed by atoms with E-state index < -0.39 is 0 Å². The van der Waals surface area contributed by atoms with Crippen LogP contribution in [0.25, 0.3) is 55.6 Å². The minimum atomic E-state index is 0.692. The van der Waals surface area contributed by atoms with Gasteiger partial charge in [-0.3, -0.25) is 0 Å². The van der Waals surface area contributed by atoms with E-state index in [9.17, 15) is 0 Å². The summed E-state index contributed by atoms with van der Waals surface area (Å²) in [7, 11) is 3.57. The van der Waals surface area contributed by atoms with Crippen LogP contribution in [-0.4, -0.2) is 14.2 Å². The van der Waals surface area contributed by atoms with Gasteiger partial charge in [0.2, 0.25) is 0 Å². The summed E-state index contributed by atoms with van der Waals surface area (Å²) in [6.45, 7) is 1.38. The SMILES string of the molecule is COc1c(-c2ccccc2)cc(-c2ccccc2)c2c1-c1c(c(-c3ccccc3)cc(-c3ccccc3)c1OC)CNC2. The van der Waals surface area contributed by atoms with Gasteiger partial charge in [0.05, 0.1) is 14.2 Å². The molecule has 210 valence electrons. The van der Waals surface area contributed by atoms with Crippen LogP contribution in [-0.2, 0) is 13.1 Å². The highest BCUT2D eigenvalue weighted by molar-refractivity contribution is 5.99. The summed E-state index contributed by atoms with van der Waals surface area (Å²) in [5.41, 5.74) is 13.6. The Hall–Kier alpha value is -5.12. The Morgan fingerprint density at radius 2 is 0.721 bits per heavy atom. The summed E-state index contributed by atoms with van der Waals surface area (Å²) in [5.74, 6) is 1.71. The maximum atomic E-state index is 6.41. The molecule has 1 aliphatic rings. The summed E-state index contributed by atoms with van der Waals surface area (Å²) in [5, 5.41) is 3.79. The van der Waals surface area contributed by atoms with Gasteiger partial charge < -0.3 is 14.8 Å². The molecule has 3 heteroatoms. The Balaban J connectivity index is 1.67. The fourth-order valence-electron chi connectivity index (χ4n) is 6.45. The van der Waals surface area contributed by atoms with E-state index >= 15 is 0 Å². The molecule has 0 aliphatic carbocycles. The standard InChI is InChI=1S/C40H33NO2/c1-42-39-33(29-19-11-5-12-20-29)23-31(27-15-7-3-8-16-27)35-25-41-26-36-32(28-17-9-4-10-18-28)24-34(30-21-13-6-14-22-30)40(43-2)38(36)37(35)39/h3-24,41H,25-26H2,1-2H3. The molecule has 1 aliphatic heterocycles. The molecule has 43 heavy (non-hydrogen) atoms. The number of ether oxygens (including phenoxy) is 2. The molecule has 3 nitrogen and oxygen atoms in total. The van der Waals surface area contributed by atoms with E-state index in [1.54, 1.807) is 14.2 Å². The number of hydrogen-bond donors (Lipinski definition) is 1. The van der Waals surface area contributed by atoms with Gasteiger partial charge in [0, 0.05) is 35.3 Å². The van der Waals surface area contributed by atoms with Crippen molar-refractivity contribution < 1.29 is 9.47 Å². The first-order valence-corrected chi connectivity index (χ1v) is 14.7. The van der Waals surface area contributed by atoms with Crippen LogP contribution < -0.4 is 14.8 Å². The minimum absolute atomic E-state index is 0.692. The summed E-state index contributed by atoms with van der Waals surface area (Å²) in [6.07, 6.45) is 0. The van der Waals surface area contributed by atoms with Crippen LogP contribution in [0.3, 0.4) is 0 Å². The van der Waals surface area contributed by atoms with Crippen molar-refractivity contribution >= 4 is 0 Å². The monoisotopic (exact) mass is 559 g/mol. The van der Waals surface area contributed by atoms with Crippen molar-refractivity contribution in [3.8, 4) is 67.1 Å². The third-order valence-electron chi connectivity index (χ3n) is 8.38. The van der Waals surface area contributed by atoms with Crippen LogP contribution in [0.1, 0.15) is 11.1 Å². The normalized spacial score (nSPS) is 12.1. The van der Waals surface area contributed by atoms with Gasteiger partial charge in [-0.1, -0.05) is 121 Å². The molecule has 0 amide bonds. The second-order valence-corrected chi connectivity index (χ2v) is 10.8.